The molecule has 2 amide bonds. The minimum atomic E-state index is -0.677. The third kappa shape index (κ3) is 4.86. The maximum absolute atomic E-state index is 12.7. The summed E-state index contributed by atoms with van der Waals surface area (Å²) in [4.78, 5) is 26.4. The average Bonchev–Trinajstić information content (AvgIpc) is 3.19. The Balaban J connectivity index is 1.49. The Bertz CT molecular complexity index is 722. The molecule has 2 N–H and O–H groups in total. The minimum absolute atomic E-state index is 0.0483. The zero-order valence-corrected chi connectivity index (χ0v) is 15.6. The van der Waals surface area contributed by atoms with Crippen molar-refractivity contribution in [2.24, 2.45) is 11.8 Å². The van der Waals surface area contributed by atoms with Crippen LogP contribution in [0.2, 0.25) is 0 Å². The van der Waals surface area contributed by atoms with Gasteiger partial charge in [-0.2, -0.15) is 5.26 Å². The smallest absolute Gasteiger partial charge is 0.255 e. The first-order valence-electron chi connectivity index (χ1n) is 9.81. The van der Waals surface area contributed by atoms with Gasteiger partial charge in [0, 0.05) is 32.0 Å². The van der Waals surface area contributed by atoms with Crippen LogP contribution in [-0.2, 0) is 4.79 Å². The summed E-state index contributed by atoms with van der Waals surface area (Å²) in [5.74, 6) is 0.299. The molecule has 6 nitrogen and oxygen atoms in total. The SMILES string of the molecule is N#Cc1ccccc1C(=O)N1CC[C@@H](CNC(=O)CC2CCCC2)[C@H](O)C1. The fourth-order valence-corrected chi connectivity index (χ4v) is 4.13. The van der Waals surface area contributed by atoms with Crippen molar-refractivity contribution in [3.63, 3.8) is 0 Å². The van der Waals surface area contributed by atoms with Gasteiger partial charge in [0.15, 0.2) is 0 Å². The molecule has 1 heterocycles. The molecule has 27 heavy (non-hydrogen) atoms. The lowest BCUT2D eigenvalue weighted by molar-refractivity contribution is -0.122. The number of amides is 2. The van der Waals surface area contributed by atoms with Crippen molar-refractivity contribution in [1.82, 2.24) is 10.2 Å². The molecule has 2 aliphatic rings. The molecule has 1 aromatic rings. The number of aliphatic hydroxyl groups is 1. The van der Waals surface area contributed by atoms with Crippen LogP contribution in [0.3, 0.4) is 0 Å². The molecule has 0 bridgehead atoms. The molecule has 0 unspecified atom stereocenters. The molecular formula is C21H27N3O3. The van der Waals surface area contributed by atoms with Gasteiger partial charge in [0.2, 0.25) is 5.91 Å². The summed E-state index contributed by atoms with van der Waals surface area (Å²) in [7, 11) is 0. The summed E-state index contributed by atoms with van der Waals surface area (Å²) in [5, 5.41) is 22.6. The fourth-order valence-electron chi connectivity index (χ4n) is 4.13. The van der Waals surface area contributed by atoms with Crippen molar-refractivity contribution in [3.8, 4) is 6.07 Å². The Kier molecular flexibility index (Phi) is 6.46. The Hall–Kier alpha value is -2.39. The number of rotatable bonds is 5. The molecule has 3 rings (SSSR count). The van der Waals surface area contributed by atoms with E-state index in [0.29, 0.717) is 43.0 Å². The predicted molar refractivity (Wildman–Crippen MR) is 101 cm³/mol. The quantitative estimate of drug-likeness (QED) is 0.831. The maximum atomic E-state index is 12.7. The number of nitrogens with zero attached hydrogens (tertiary/aromatic N) is 2. The van der Waals surface area contributed by atoms with Gasteiger partial charge in [-0.05, 0) is 37.3 Å². The van der Waals surface area contributed by atoms with Crippen molar-refractivity contribution in [2.45, 2.75) is 44.6 Å². The lowest BCUT2D eigenvalue weighted by Gasteiger charge is -2.36. The second kappa shape index (κ2) is 9.01. The molecule has 1 aromatic carbocycles. The standard InChI is InChI=1S/C21H27N3O3/c22-12-16-7-3-4-8-18(16)21(27)24-10-9-17(19(25)14-24)13-23-20(26)11-15-5-1-2-6-15/h3-4,7-8,15,17,19,25H,1-2,5-6,9-11,13-14H2,(H,23,26)/t17-,19+/m0/s1. The average molecular weight is 369 g/mol. The normalized spacial score (nSPS) is 23.0. The first kappa shape index (κ1) is 19.4. The fraction of sp³-hybridized carbons (Fsp3) is 0.571. The van der Waals surface area contributed by atoms with E-state index in [1.807, 2.05) is 6.07 Å². The van der Waals surface area contributed by atoms with Crippen LogP contribution in [0.1, 0.15) is 54.4 Å². The molecule has 144 valence electrons. The molecular weight excluding hydrogens is 342 g/mol. The number of carbonyl (C=O) groups is 2. The van der Waals surface area contributed by atoms with E-state index >= 15 is 0 Å². The van der Waals surface area contributed by atoms with Crippen molar-refractivity contribution in [2.75, 3.05) is 19.6 Å². The first-order valence-corrected chi connectivity index (χ1v) is 9.81. The van der Waals surface area contributed by atoms with Gasteiger partial charge in [-0.1, -0.05) is 25.0 Å². The number of nitrogens with one attached hydrogen (secondary N) is 1. The van der Waals surface area contributed by atoms with Crippen LogP contribution in [0.5, 0.6) is 0 Å². The Morgan fingerprint density at radius 3 is 2.67 bits per heavy atom. The Morgan fingerprint density at radius 1 is 1.22 bits per heavy atom. The zero-order chi connectivity index (χ0) is 19.2. The van der Waals surface area contributed by atoms with Crippen LogP contribution < -0.4 is 5.32 Å². The Labute approximate surface area is 160 Å². The summed E-state index contributed by atoms with van der Waals surface area (Å²) < 4.78 is 0. The van der Waals surface area contributed by atoms with Crippen LogP contribution in [-0.4, -0.2) is 47.6 Å². The molecule has 0 spiro atoms. The molecule has 0 radical (unpaired) electrons. The lowest BCUT2D eigenvalue weighted by atomic mass is 9.92. The van der Waals surface area contributed by atoms with Crippen molar-refractivity contribution in [1.29, 1.82) is 5.26 Å². The van der Waals surface area contributed by atoms with Crippen molar-refractivity contribution in [3.05, 3.63) is 35.4 Å². The van der Waals surface area contributed by atoms with Gasteiger partial charge < -0.3 is 15.3 Å². The monoisotopic (exact) mass is 369 g/mol. The van der Waals surface area contributed by atoms with Crippen LogP contribution >= 0.6 is 0 Å². The van der Waals surface area contributed by atoms with Crippen LogP contribution in [0.15, 0.2) is 24.3 Å². The molecule has 1 saturated heterocycles. The number of carbonyl (C=O) groups excluding carboxylic acids is 2. The Morgan fingerprint density at radius 2 is 1.96 bits per heavy atom. The van der Waals surface area contributed by atoms with E-state index in [0.717, 1.165) is 12.8 Å². The number of β-amino-alcohol motifs (C(OH)–C–C–N with tert-alkyl or cyclic N) is 1. The topological polar surface area (TPSA) is 93.4 Å². The number of benzene rings is 1. The van der Waals surface area contributed by atoms with Gasteiger partial charge >= 0.3 is 0 Å². The highest BCUT2D eigenvalue weighted by molar-refractivity contribution is 5.96. The summed E-state index contributed by atoms with van der Waals surface area (Å²) in [6.45, 7) is 1.18. The summed E-state index contributed by atoms with van der Waals surface area (Å²) in [5.41, 5.74) is 0.716. The second-order valence-corrected chi connectivity index (χ2v) is 7.68. The van der Waals surface area contributed by atoms with Gasteiger partial charge in [-0.3, -0.25) is 9.59 Å². The van der Waals surface area contributed by atoms with E-state index in [9.17, 15) is 20.0 Å². The number of likely N-dealkylation sites (tertiary alicyclic amines) is 1. The maximum Gasteiger partial charge on any atom is 0.255 e. The van der Waals surface area contributed by atoms with E-state index in [1.165, 1.54) is 12.8 Å². The number of piperidine rings is 1. The van der Waals surface area contributed by atoms with E-state index in [2.05, 4.69) is 5.32 Å². The third-order valence-electron chi connectivity index (χ3n) is 5.80. The molecule has 0 aromatic heterocycles. The number of nitriles is 1. The summed E-state index contributed by atoms with van der Waals surface area (Å²) >= 11 is 0. The van der Waals surface area contributed by atoms with E-state index < -0.39 is 6.10 Å². The number of hydrogen-bond donors (Lipinski definition) is 2. The van der Waals surface area contributed by atoms with Crippen LogP contribution in [0.25, 0.3) is 0 Å². The van der Waals surface area contributed by atoms with Crippen molar-refractivity contribution >= 4 is 11.8 Å². The van der Waals surface area contributed by atoms with Crippen LogP contribution in [0.4, 0.5) is 0 Å². The highest BCUT2D eigenvalue weighted by Crippen LogP contribution is 2.27. The minimum Gasteiger partial charge on any atom is -0.391 e. The second-order valence-electron chi connectivity index (χ2n) is 7.68. The van der Waals surface area contributed by atoms with E-state index in [1.54, 1.807) is 29.2 Å². The molecule has 1 aliphatic heterocycles. The molecule has 2 atom stereocenters. The molecule has 2 fully saturated rings. The predicted octanol–water partition coefficient (Wildman–Crippen LogP) is 2.08. The molecule has 6 heteroatoms. The first-order chi connectivity index (χ1) is 13.1. The van der Waals surface area contributed by atoms with E-state index in [-0.39, 0.29) is 24.3 Å². The summed E-state index contributed by atoms with van der Waals surface area (Å²) in [6, 6.07) is 8.76. The number of aliphatic hydroxyl groups excluding tert-OH is 1. The van der Waals surface area contributed by atoms with Crippen molar-refractivity contribution < 1.29 is 14.7 Å². The van der Waals surface area contributed by atoms with Gasteiger partial charge in [-0.25, -0.2) is 0 Å². The van der Waals surface area contributed by atoms with Gasteiger partial charge in [0.05, 0.1) is 23.3 Å². The number of hydrogen-bond acceptors (Lipinski definition) is 4. The zero-order valence-electron chi connectivity index (χ0n) is 15.6. The third-order valence-corrected chi connectivity index (χ3v) is 5.80. The lowest BCUT2D eigenvalue weighted by Crippen LogP contribution is -2.49. The molecule has 1 aliphatic carbocycles. The highest BCUT2D eigenvalue weighted by Gasteiger charge is 2.31. The highest BCUT2D eigenvalue weighted by atomic mass is 16.3. The van der Waals surface area contributed by atoms with E-state index in [4.69, 9.17) is 0 Å². The molecule has 1 saturated carbocycles. The largest absolute Gasteiger partial charge is 0.391 e. The van der Waals surface area contributed by atoms with Gasteiger partial charge in [0.1, 0.15) is 0 Å². The van der Waals surface area contributed by atoms with Crippen LogP contribution in [0, 0.1) is 23.2 Å². The van der Waals surface area contributed by atoms with Gasteiger partial charge in [0.25, 0.3) is 5.91 Å². The van der Waals surface area contributed by atoms with Gasteiger partial charge in [-0.15, -0.1) is 0 Å². The summed E-state index contributed by atoms with van der Waals surface area (Å²) in [6.07, 6.45) is 5.25.